The predicted molar refractivity (Wildman–Crippen MR) is 219 cm³/mol. The van der Waals surface area contributed by atoms with Gasteiger partial charge in [0.1, 0.15) is 41.4 Å². The van der Waals surface area contributed by atoms with Crippen molar-refractivity contribution in [1.82, 2.24) is 15.2 Å². The molecule has 2 saturated carbocycles. The Kier molecular flexibility index (Phi) is 12.1. The van der Waals surface area contributed by atoms with Crippen LogP contribution < -0.4 is 5.32 Å². The smallest absolute Gasteiger partial charge is 0.408 e. The average Bonchev–Trinajstić information content (AvgIpc) is 3.62. The molecule has 1 aromatic carbocycles. The summed E-state index contributed by atoms with van der Waals surface area (Å²) in [7, 11) is 0. The lowest BCUT2D eigenvalue weighted by atomic mass is 9.46. The number of halogens is 1. The number of esters is 2. The van der Waals surface area contributed by atoms with Crippen LogP contribution in [0, 0.1) is 28.5 Å². The van der Waals surface area contributed by atoms with Gasteiger partial charge in [-0.1, -0.05) is 39.0 Å². The molecular formula is C46H60FN3O12. The van der Waals surface area contributed by atoms with E-state index in [0.717, 1.165) is 18.7 Å². The highest BCUT2D eigenvalue weighted by molar-refractivity contribution is 5.89. The van der Waals surface area contributed by atoms with Gasteiger partial charge in [-0.25, -0.2) is 18.8 Å². The molecule has 62 heavy (non-hydrogen) atoms. The van der Waals surface area contributed by atoms with Gasteiger partial charge in [-0.3, -0.25) is 9.88 Å². The molecule has 338 valence electrons. The molecule has 12 atom stereocenters. The predicted octanol–water partition coefficient (Wildman–Crippen LogP) is 4.65. The molecule has 3 aliphatic carbocycles. The SMILES string of the molecule is CC1=C2[C@H]3OC(CN4CCOCC4)O[C@H]3[C@]3(C)CC[C@H]4OC[C@H]4[C@H]3[C@H](OC(=O)c3ccccc3)[C@](O)(C[C@@H]1OC(=O)[C@H](O)[C@@H](NC(=O)OC(C)(C)C)c1ccc(F)cn1)C2(C)C. The van der Waals surface area contributed by atoms with Gasteiger partial charge >= 0.3 is 18.0 Å². The first-order chi connectivity index (χ1) is 29.3. The van der Waals surface area contributed by atoms with Crippen molar-refractivity contribution in [2.75, 3.05) is 39.5 Å². The van der Waals surface area contributed by atoms with Crippen molar-refractivity contribution < 1.29 is 62.1 Å². The number of aliphatic hydroxyl groups excluding tert-OH is 1. The minimum Gasteiger partial charge on any atom is -0.456 e. The zero-order valence-electron chi connectivity index (χ0n) is 36.5. The molecule has 16 heteroatoms. The number of rotatable bonds is 9. The van der Waals surface area contributed by atoms with E-state index in [1.54, 1.807) is 51.1 Å². The molecule has 4 heterocycles. The van der Waals surface area contributed by atoms with E-state index >= 15 is 0 Å². The van der Waals surface area contributed by atoms with E-state index < -0.39 is 94.7 Å². The van der Waals surface area contributed by atoms with E-state index in [1.807, 2.05) is 20.8 Å². The fourth-order valence-electron chi connectivity index (χ4n) is 11.0. The highest BCUT2D eigenvalue weighted by atomic mass is 19.1. The minimum atomic E-state index is -2.06. The zero-order chi connectivity index (χ0) is 44.4. The summed E-state index contributed by atoms with van der Waals surface area (Å²) in [6, 6.07) is 9.42. The molecule has 6 aliphatic rings. The summed E-state index contributed by atoms with van der Waals surface area (Å²) in [6.45, 7) is 16.2. The third-order valence-corrected chi connectivity index (χ3v) is 14.2. The van der Waals surface area contributed by atoms with Crippen molar-refractivity contribution in [3.05, 3.63) is 76.9 Å². The summed E-state index contributed by atoms with van der Waals surface area (Å²) in [6.07, 6.45) is -5.36. The summed E-state index contributed by atoms with van der Waals surface area (Å²) >= 11 is 0. The van der Waals surface area contributed by atoms with Gasteiger partial charge in [-0.05, 0) is 75.9 Å². The average molecular weight is 866 g/mol. The number of amides is 1. The number of pyridine rings is 1. The van der Waals surface area contributed by atoms with E-state index in [-0.39, 0.29) is 24.1 Å². The van der Waals surface area contributed by atoms with Crippen molar-refractivity contribution in [2.45, 2.75) is 128 Å². The first-order valence-corrected chi connectivity index (χ1v) is 21.7. The monoisotopic (exact) mass is 865 g/mol. The fourth-order valence-corrected chi connectivity index (χ4v) is 11.0. The summed E-state index contributed by atoms with van der Waals surface area (Å²) < 4.78 is 58.2. The van der Waals surface area contributed by atoms with E-state index in [9.17, 15) is 29.0 Å². The first kappa shape index (κ1) is 44.6. The van der Waals surface area contributed by atoms with Gasteiger partial charge in [-0.2, -0.15) is 0 Å². The number of morpholine rings is 1. The highest BCUT2D eigenvalue weighted by Crippen LogP contribution is 2.65. The number of benzene rings is 1. The van der Waals surface area contributed by atoms with Gasteiger partial charge in [0, 0.05) is 48.7 Å². The lowest BCUT2D eigenvalue weighted by Gasteiger charge is -2.65. The van der Waals surface area contributed by atoms with Crippen molar-refractivity contribution in [2.24, 2.45) is 22.7 Å². The third-order valence-electron chi connectivity index (χ3n) is 14.2. The largest absolute Gasteiger partial charge is 0.456 e. The number of aromatic nitrogens is 1. The number of hydrogen-bond acceptors (Lipinski definition) is 14. The highest BCUT2D eigenvalue weighted by Gasteiger charge is 2.72. The van der Waals surface area contributed by atoms with Crippen molar-refractivity contribution in [3.8, 4) is 0 Å². The van der Waals surface area contributed by atoms with Crippen molar-refractivity contribution in [3.63, 3.8) is 0 Å². The lowest BCUT2D eigenvalue weighted by molar-refractivity contribution is -0.276. The van der Waals surface area contributed by atoms with Crippen LogP contribution in [-0.2, 0) is 38.0 Å². The summed E-state index contributed by atoms with van der Waals surface area (Å²) in [5.41, 5.74) is -3.17. The Morgan fingerprint density at radius 2 is 1.77 bits per heavy atom. The summed E-state index contributed by atoms with van der Waals surface area (Å²) in [5, 5.41) is 28.0. The molecule has 3 saturated heterocycles. The number of hydrogen-bond donors (Lipinski definition) is 3. The zero-order valence-corrected chi connectivity index (χ0v) is 36.5. The Morgan fingerprint density at radius 1 is 1.05 bits per heavy atom. The molecule has 2 bridgehead atoms. The Balaban J connectivity index is 1.21. The maximum Gasteiger partial charge on any atom is 0.408 e. The van der Waals surface area contributed by atoms with Crippen molar-refractivity contribution >= 4 is 18.0 Å². The molecule has 0 spiro atoms. The Hall–Kier alpha value is -4.03. The second-order valence-electron chi connectivity index (χ2n) is 19.5. The third kappa shape index (κ3) is 8.16. The van der Waals surface area contributed by atoms with E-state index in [0.29, 0.717) is 62.6 Å². The quantitative estimate of drug-likeness (QED) is 0.180. The van der Waals surface area contributed by atoms with Crippen LogP contribution in [0.15, 0.2) is 59.8 Å². The van der Waals surface area contributed by atoms with Crippen LogP contribution in [0.1, 0.15) is 89.8 Å². The number of ether oxygens (including phenoxy) is 7. The molecular weight excluding hydrogens is 806 g/mol. The number of aliphatic hydroxyl groups is 2. The molecule has 15 nitrogen and oxygen atoms in total. The van der Waals surface area contributed by atoms with Crippen LogP contribution in [0.4, 0.5) is 9.18 Å². The van der Waals surface area contributed by atoms with Gasteiger partial charge in [0.05, 0.1) is 49.5 Å². The second kappa shape index (κ2) is 16.8. The molecule has 5 fully saturated rings. The Bertz CT molecular complexity index is 2020. The standard InChI is InChI=1S/C46H60FN3O12/c1-25-31(58-41(53)36(51)35(29-14-13-27(47)22-48-29)49-42(54)62-43(2,3)4)21-46(55)38(61-40(52)26-11-9-8-10-12-26)34-28-24-57-30(28)15-16-45(34,7)39-37(33(25)44(46,5)6)59-32(60-39)23-50-17-19-56-20-18-50/h8-14,22,28,30-32,34-39,51,55H,15-21,23-24H2,1-7H3,(H,49,54)/t28-,30-,31+,32?,34+,35+,36-,37-,38+,39-,45-,46-/m1/s1. The molecule has 1 amide bonds. The number of nitrogens with one attached hydrogen (secondary N) is 1. The second-order valence-corrected chi connectivity index (χ2v) is 19.5. The molecule has 1 unspecified atom stereocenters. The van der Waals surface area contributed by atoms with Crippen molar-refractivity contribution in [1.29, 1.82) is 0 Å². The molecule has 3 N–H and O–H groups in total. The van der Waals surface area contributed by atoms with Crippen LogP contribution in [0.5, 0.6) is 0 Å². The number of carbonyl (C=O) groups is 3. The molecule has 3 aliphatic heterocycles. The maximum atomic E-state index is 14.3. The van der Waals surface area contributed by atoms with Gasteiger partial charge in [-0.15, -0.1) is 0 Å². The molecule has 0 radical (unpaired) electrons. The van der Waals surface area contributed by atoms with E-state index in [4.69, 9.17) is 33.2 Å². The number of nitrogens with zero attached hydrogens (tertiary/aromatic N) is 2. The Labute approximate surface area is 361 Å². The molecule has 1 aromatic heterocycles. The number of carbonyl (C=O) groups excluding carboxylic acids is 3. The van der Waals surface area contributed by atoms with Crippen LogP contribution >= 0.6 is 0 Å². The van der Waals surface area contributed by atoms with Gasteiger partial charge in [0.15, 0.2) is 12.4 Å². The fraction of sp³-hybridized carbons (Fsp3) is 0.652. The minimum absolute atomic E-state index is 0.0299. The Morgan fingerprint density at radius 3 is 2.42 bits per heavy atom. The molecule has 2 aromatic rings. The summed E-state index contributed by atoms with van der Waals surface area (Å²) in [4.78, 5) is 47.9. The number of fused-ring (bicyclic) bond motifs is 8. The van der Waals surface area contributed by atoms with Crippen LogP contribution in [-0.4, -0.2) is 132 Å². The van der Waals surface area contributed by atoms with Crippen LogP contribution in [0.2, 0.25) is 0 Å². The lowest BCUT2D eigenvalue weighted by Crippen LogP contribution is -2.73. The van der Waals surface area contributed by atoms with Crippen LogP contribution in [0.3, 0.4) is 0 Å². The van der Waals surface area contributed by atoms with Gasteiger partial charge in [0.25, 0.3) is 0 Å². The van der Waals surface area contributed by atoms with Crippen LogP contribution in [0.25, 0.3) is 0 Å². The normalized spacial score (nSPS) is 35.1. The van der Waals surface area contributed by atoms with E-state index in [2.05, 4.69) is 22.1 Å². The van der Waals surface area contributed by atoms with Gasteiger partial charge in [0.2, 0.25) is 0 Å². The number of alkyl carbamates (subject to hydrolysis) is 1. The summed E-state index contributed by atoms with van der Waals surface area (Å²) in [5.74, 6) is -3.03. The topological polar surface area (TPSA) is 184 Å². The molecule has 8 rings (SSSR count). The van der Waals surface area contributed by atoms with Gasteiger partial charge < -0.3 is 48.7 Å². The maximum absolute atomic E-state index is 14.3. The van der Waals surface area contributed by atoms with E-state index in [1.165, 1.54) is 6.07 Å². The first-order valence-electron chi connectivity index (χ1n) is 21.7.